The molecule has 0 bridgehead atoms. The van der Waals surface area contributed by atoms with Crippen molar-refractivity contribution in [2.45, 2.75) is 19.9 Å². The highest BCUT2D eigenvalue weighted by atomic mass is 16.6. The lowest BCUT2D eigenvalue weighted by Gasteiger charge is -2.24. The molecule has 1 N–H and O–H groups in total. The summed E-state index contributed by atoms with van der Waals surface area (Å²) in [6.45, 7) is 3.31. The highest BCUT2D eigenvalue weighted by Gasteiger charge is 2.28. The van der Waals surface area contributed by atoms with Crippen LogP contribution in [0.25, 0.3) is 0 Å². The second-order valence-corrected chi connectivity index (χ2v) is 3.78. The number of aryl methyl sites for hydroxylation is 2. The van der Waals surface area contributed by atoms with E-state index >= 15 is 0 Å². The van der Waals surface area contributed by atoms with Gasteiger partial charge < -0.3 is 10.0 Å². The van der Waals surface area contributed by atoms with E-state index < -0.39 is 4.92 Å². The molecule has 0 amide bonds. The second-order valence-electron chi connectivity index (χ2n) is 3.78. The van der Waals surface area contributed by atoms with Crippen LogP contribution >= 0.6 is 0 Å². The smallest absolute Gasteiger partial charge is 0.333 e. The molecule has 1 atom stereocenters. The van der Waals surface area contributed by atoms with Gasteiger partial charge in [0.25, 0.3) is 0 Å². The Morgan fingerprint density at radius 1 is 1.69 bits per heavy atom. The molecular weight excluding hydrogens is 212 g/mol. The van der Waals surface area contributed by atoms with E-state index in [-0.39, 0.29) is 18.3 Å². The van der Waals surface area contributed by atoms with Crippen molar-refractivity contribution in [3.05, 3.63) is 15.8 Å². The van der Waals surface area contributed by atoms with Crippen molar-refractivity contribution in [1.29, 1.82) is 0 Å². The predicted octanol–water partition coefficient (Wildman–Crippen LogP) is 0.454. The number of aliphatic hydroxyl groups excluding tert-OH is 1. The fourth-order valence-electron chi connectivity index (χ4n) is 1.58. The third-order valence-electron chi connectivity index (χ3n) is 2.60. The van der Waals surface area contributed by atoms with E-state index in [1.165, 1.54) is 4.68 Å². The molecule has 0 radical (unpaired) electrons. The first-order valence-corrected chi connectivity index (χ1v) is 4.91. The maximum Gasteiger partial charge on any atom is 0.333 e. The summed E-state index contributed by atoms with van der Waals surface area (Å²) >= 11 is 0. The van der Waals surface area contributed by atoms with Crippen LogP contribution in [0.3, 0.4) is 0 Å². The Hall–Kier alpha value is -1.63. The molecule has 0 aliphatic heterocycles. The summed E-state index contributed by atoms with van der Waals surface area (Å²) in [6.07, 6.45) is 0. The Morgan fingerprint density at radius 3 is 2.69 bits per heavy atom. The summed E-state index contributed by atoms with van der Waals surface area (Å²) in [6, 6.07) is -0.200. The molecule has 1 unspecified atom stereocenters. The lowest BCUT2D eigenvalue weighted by molar-refractivity contribution is -0.384. The quantitative estimate of drug-likeness (QED) is 0.597. The van der Waals surface area contributed by atoms with Gasteiger partial charge >= 0.3 is 5.69 Å². The number of anilines is 1. The fourth-order valence-corrected chi connectivity index (χ4v) is 1.58. The van der Waals surface area contributed by atoms with E-state index in [2.05, 4.69) is 5.10 Å². The fraction of sp³-hybridized carbons (Fsp3) is 0.667. The molecule has 0 fully saturated rings. The minimum absolute atomic E-state index is 0.00898. The summed E-state index contributed by atoms with van der Waals surface area (Å²) in [5, 5.41) is 24.0. The number of hydrogen-bond donors (Lipinski definition) is 1. The molecule has 7 nitrogen and oxygen atoms in total. The van der Waals surface area contributed by atoms with E-state index in [1.807, 2.05) is 0 Å². The minimum atomic E-state index is -0.446. The van der Waals surface area contributed by atoms with Crippen molar-refractivity contribution >= 4 is 11.5 Å². The zero-order valence-corrected chi connectivity index (χ0v) is 9.84. The number of nitro groups is 1. The van der Waals surface area contributed by atoms with Gasteiger partial charge in [-0.2, -0.15) is 5.10 Å². The van der Waals surface area contributed by atoms with E-state index in [0.717, 1.165) is 0 Å². The van der Waals surface area contributed by atoms with Gasteiger partial charge in [-0.25, -0.2) is 4.68 Å². The van der Waals surface area contributed by atoms with E-state index in [9.17, 15) is 10.1 Å². The molecule has 1 heterocycles. The standard InChI is InChI=1S/C9H16N4O3/c1-6(5-14)11(3)9-8(13(15)16)7(2)10-12(9)4/h6,14H,5H2,1-4H3. The summed E-state index contributed by atoms with van der Waals surface area (Å²) in [5.74, 6) is 0.407. The van der Waals surface area contributed by atoms with Crippen molar-refractivity contribution < 1.29 is 10.0 Å². The first-order chi connectivity index (χ1) is 7.40. The largest absolute Gasteiger partial charge is 0.394 e. The Kier molecular flexibility index (Phi) is 3.48. The van der Waals surface area contributed by atoms with Gasteiger partial charge in [-0.3, -0.25) is 10.1 Å². The molecule has 7 heteroatoms. The maximum atomic E-state index is 10.9. The number of likely N-dealkylation sites (N-methyl/N-ethyl adjacent to an activating group) is 1. The first kappa shape index (κ1) is 12.4. The lowest BCUT2D eigenvalue weighted by Crippen LogP contribution is -2.33. The van der Waals surface area contributed by atoms with Gasteiger partial charge in [0.05, 0.1) is 17.6 Å². The zero-order valence-electron chi connectivity index (χ0n) is 9.84. The van der Waals surface area contributed by atoms with Gasteiger partial charge in [0.2, 0.25) is 5.82 Å². The summed E-state index contributed by atoms with van der Waals surface area (Å²) in [7, 11) is 3.35. The normalized spacial score (nSPS) is 12.6. The number of hydrogen-bond acceptors (Lipinski definition) is 5. The molecule has 90 valence electrons. The van der Waals surface area contributed by atoms with Crippen molar-refractivity contribution in [2.75, 3.05) is 18.6 Å². The molecule has 1 aromatic heterocycles. The molecule has 0 saturated heterocycles. The molecule has 0 saturated carbocycles. The topological polar surface area (TPSA) is 84.4 Å². The molecule has 16 heavy (non-hydrogen) atoms. The highest BCUT2D eigenvalue weighted by Crippen LogP contribution is 2.30. The Morgan fingerprint density at radius 2 is 2.25 bits per heavy atom. The van der Waals surface area contributed by atoms with Crippen molar-refractivity contribution in [3.63, 3.8) is 0 Å². The van der Waals surface area contributed by atoms with Gasteiger partial charge in [-0.05, 0) is 13.8 Å². The molecule has 1 aromatic rings. The van der Waals surface area contributed by atoms with Crippen LogP contribution in [-0.4, -0.2) is 39.5 Å². The van der Waals surface area contributed by atoms with Crippen LogP contribution in [0.1, 0.15) is 12.6 Å². The Bertz CT molecular complexity index is 402. The molecule has 0 spiro atoms. The number of aliphatic hydroxyl groups is 1. The summed E-state index contributed by atoms with van der Waals surface area (Å²) in [4.78, 5) is 12.1. The summed E-state index contributed by atoms with van der Waals surface area (Å²) in [5.41, 5.74) is 0.366. The van der Waals surface area contributed by atoms with E-state index in [0.29, 0.717) is 11.5 Å². The van der Waals surface area contributed by atoms with Gasteiger partial charge in [-0.15, -0.1) is 0 Å². The average molecular weight is 228 g/mol. The first-order valence-electron chi connectivity index (χ1n) is 4.91. The zero-order chi connectivity index (χ0) is 12.5. The van der Waals surface area contributed by atoms with Gasteiger partial charge in [-0.1, -0.05) is 0 Å². The molecule has 0 aliphatic carbocycles. The van der Waals surface area contributed by atoms with E-state index in [4.69, 9.17) is 5.11 Å². The van der Waals surface area contributed by atoms with Crippen LogP contribution in [0.5, 0.6) is 0 Å². The van der Waals surface area contributed by atoms with Crippen LogP contribution in [0, 0.1) is 17.0 Å². The van der Waals surface area contributed by atoms with Crippen LogP contribution < -0.4 is 4.90 Å². The lowest BCUT2D eigenvalue weighted by atomic mass is 10.3. The van der Waals surface area contributed by atoms with E-state index in [1.54, 1.807) is 32.8 Å². The minimum Gasteiger partial charge on any atom is -0.394 e. The SMILES string of the molecule is Cc1nn(C)c(N(C)C(C)CO)c1[N+](=O)[O-]. The number of nitrogens with zero attached hydrogens (tertiary/aromatic N) is 4. The summed E-state index contributed by atoms with van der Waals surface area (Å²) < 4.78 is 1.46. The van der Waals surface area contributed by atoms with Crippen molar-refractivity contribution in [3.8, 4) is 0 Å². The number of aromatic nitrogens is 2. The predicted molar refractivity (Wildman–Crippen MR) is 59.6 cm³/mol. The molecule has 1 rings (SSSR count). The highest BCUT2D eigenvalue weighted by molar-refractivity contribution is 5.61. The van der Waals surface area contributed by atoms with Crippen molar-refractivity contribution in [2.24, 2.45) is 7.05 Å². The van der Waals surface area contributed by atoms with Gasteiger partial charge in [0.15, 0.2) is 0 Å². The molecule has 0 aliphatic rings. The Balaban J connectivity index is 3.26. The van der Waals surface area contributed by atoms with Crippen molar-refractivity contribution in [1.82, 2.24) is 9.78 Å². The van der Waals surface area contributed by atoms with Gasteiger partial charge in [0.1, 0.15) is 5.69 Å². The third kappa shape index (κ3) is 1.99. The van der Waals surface area contributed by atoms with Crippen LogP contribution in [0.15, 0.2) is 0 Å². The second kappa shape index (κ2) is 4.48. The van der Waals surface area contributed by atoms with Crippen LogP contribution in [0.4, 0.5) is 11.5 Å². The molecule has 0 aromatic carbocycles. The number of rotatable bonds is 4. The monoisotopic (exact) mass is 228 g/mol. The third-order valence-corrected chi connectivity index (χ3v) is 2.60. The Labute approximate surface area is 93.4 Å². The average Bonchev–Trinajstić information content (AvgIpc) is 2.51. The van der Waals surface area contributed by atoms with Crippen LogP contribution in [0.2, 0.25) is 0 Å². The van der Waals surface area contributed by atoms with Gasteiger partial charge in [0, 0.05) is 14.1 Å². The maximum absolute atomic E-state index is 10.9. The molecular formula is C9H16N4O3. The van der Waals surface area contributed by atoms with Crippen LogP contribution in [-0.2, 0) is 7.05 Å².